The molecule has 0 aliphatic carbocycles. The zero-order chi connectivity index (χ0) is 20.5. The van der Waals surface area contributed by atoms with Crippen molar-refractivity contribution in [3.05, 3.63) is 81.1 Å². The van der Waals surface area contributed by atoms with Gasteiger partial charge in [-0.05, 0) is 42.1 Å². The van der Waals surface area contributed by atoms with Gasteiger partial charge in [-0.15, -0.1) is 0 Å². The molecule has 0 radical (unpaired) electrons. The van der Waals surface area contributed by atoms with Crippen LogP contribution in [0, 0.1) is 6.92 Å². The molecule has 0 atom stereocenters. The highest BCUT2D eigenvalue weighted by Gasteiger charge is 2.34. The molecular formula is C22H19N3O4. The van der Waals surface area contributed by atoms with E-state index in [0.717, 1.165) is 21.4 Å². The summed E-state index contributed by atoms with van der Waals surface area (Å²) in [6, 6.07) is 14.1. The first kappa shape index (κ1) is 18.6. The number of benzene rings is 2. The minimum absolute atomic E-state index is 0.00840. The number of hydrogen-bond acceptors (Lipinski definition) is 4. The van der Waals surface area contributed by atoms with Crippen LogP contribution < -0.4 is 10.9 Å². The van der Waals surface area contributed by atoms with E-state index in [4.69, 9.17) is 0 Å². The maximum Gasteiger partial charge on any atom is 0.261 e. The van der Waals surface area contributed by atoms with E-state index in [0.29, 0.717) is 16.7 Å². The number of fused-ring (bicyclic) bond motifs is 2. The Bertz CT molecular complexity index is 1180. The SMILES string of the molecule is Cc1ccc2cc(CNC(=O)CCN3C(=O)c4ccccc4C3=O)c(=O)[nH]c2c1. The lowest BCUT2D eigenvalue weighted by Crippen LogP contribution is -2.35. The summed E-state index contributed by atoms with van der Waals surface area (Å²) < 4.78 is 0. The van der Waals surface area contributed by atoms with E-state index in [1.54, 1.807) is 30.3 Å². The number of aromatic nitrogens is 1. The van der Waals surface area contributed by atoms with Crippen molar-refractivity contribution in [3.63, 3.8) is 0 Å². The third-order valence-corrected chi connectivity index (χ3v) is 5.00. The van der Waals surface area contributed by atoms with Crippen molar-refractivity contribution >= 4 is 28.6 Å². The second-order valence-corrected chi connectivity index (χ2v) is 7.05. The lowest BCUT2D eigenvalue weighted by atomic mass is 10.1. The van der Waals surface area contributed by atoms with Gasteiger partial charge in [0.1, 0.15) is 0 Å². The molecule has 3 amide bonds. The van der Waals surface area contributed by atoms with Crippen molar-refractivity contribution in [3.8, 4) is 0 Å². The fraction of sp³-hybridized carbons (Fsp3) is 0.182. The predicted octanol–water partition coefficient (Wildman–Crippen LogP) is 2.14. The maximum absolute atomic E-state index is 12.3. The largest absolute Gasteiger partial charge is 0.352 e. The Morgan fingerprint density at radius 3 is 2.38 bits per heavy atom. The molecule has 0 spiro atoms. The van der Waals surface area contributed by atoms with Crippen LogP contribution in [0.25, 0.3) is 10.9 Å². The summed E-state index contributed by atoms with van der Waals surface area (Å²) in [5.74, 6) is -1.12. The van der Waals surface area contributed by atoms with Crippen LogP contribution in [-0.2, 0) is 11.3 Å². The van der Waals surface area contributed by atoms with Crippen LogP contribution in [0.5, 0.6) is 0 Å². The first-order valence-corrected chi connectivity index (χ1v) is 9.28. The smallest absolute Gasteiger partial charge is 0.261 e. The van der Waals surface area contributed by atoms with Crippen molar-refractivity contribution < 1.29 is 14.4 Å². The number of amides is 3. The average molecular weight is 389 g/mol. The first-order chi connectivity index (χ1) is 13.9. The minimum atomic E-state index is -0.389. The number of aromatic amines is 1. The molecule has 3 aromatic rings. The lowest BCUT2D eigenvalue weighted by molar-refractivity contribution is -0.121. The van der Waals surface area contributed by atoms with Crippen LogP contribution in [-0.4, -0.2) is 34.2 Å². The average Bonchev–Trinajstić information content (AvgIpc) is 2.95. The van der Waals surface area contributed by atoms with Gasteiger partial charge in [-0.25, -0.2) is 0 Å². The van der Waals surface area contributed by atoms with E-state index in [1.165, 1.54) is 0 Å². The molecule has 0 bridgehead atoms. The van der Waals surface area contributed by atoms with Crippen LogP contribution in [0.2, 0.25) is 0 Å². The zero-order valence-corrected chi connectivity index (χ0v) is 15.8. The van der Waals surface area contributed by atoms with Gasteiger partial charge in [-0.1, -0.05) is 24.3 Å². The van der Waals surface area contributed by atoms with Gasteiger partial charge in [0.15, 0.2) is 0 Å². The highest BCUT2D eigenvalue weighted by Crippen LogP contribution is 2.22. The van der Waals surface area contributed by atoms with Gasteiger partial charge in [-0.3, -0.25) is 24.1 Å². The molecule has 29 heavy (non-hydrogen) atoms. The van der Waals surface area contributed by atoms with E-state index >= 15 is 0 Å². The standard InChI is InChI=1S/C22H19N3O4/c1-13-6-7-14-11-15(20(27)24-18(14)10-13)12-23-19(26)8-9-25-21(28)16-4-2-3-5-17(16)22(25)29/h2-7,10-11H,8-9,12H2,1H3,(H,23,26)(H,24,27). The van der Waals surface area contributed by atoms with Gasteiger partial charge < -0.3 is 10.3 Å². The second kappa shape index (κ2) is 7.35. The van der Waals surface area contributed by atoms with E-state index in [9.17, 15) is 19.2 Å². The molecular weight excluding hydrogens is 370 g/mol. The summed E-state index contributed by atoms with van der Waals surface area (Å²) in [7, 11) is 0. The fourth-order valence-corrected chi connectivity index (χ4v) is 3.43. The molecule has 7 nitrogen and oxygen atoms in total. The normalized spacial score (nSPS) is 13.1. The molecule has 4 rings (SSSR count). The third kappa shape index (κ3) is 3.54. The van der Waals surface area contributed by atoms with Gasteiger partial charge in [0, 0.05) is 30.6 Å². The number of hydrogen-bond donors (Lipinski definition) is 2. The van der Waals surface area contributed by atoms with Gasteiger partial charge in [0.25, 0.3) is 17.4 Å². The topological polar surface area (TPSA) is 99.3 Å². The second-order valence-electron chi connectivity index (χ2n) is 7.05. The highest BCUT2D eigenvalue weighted by atomic mass is 16.2. The van der Waals surface area contributed by atoms with Crippen LogP contribution in [0.4, 0.5) is 0 Å². The Kier molecular flexibility index (Phi) is 4.72. The Balaban J connectivity index is 1.38. The van der Waals surface area contributed by atoms with E-state index in [2.05, 4.69) is 10.3 Å². The van der Waals surface area contributed by atoms with E-state index in [1.807, 2.05) is 25.1 Å². The van der Waals surface area contributed by atoms with Crippen molar-refractivity contribution in [1.82, 2.24) is 15.2 Å². The summed E-state index contributed by atoms with van der Waals surface area (Å²) >= 11 is 0. The zero-order valence-electron chi connectivity index (χ0n) is 15.8. The molecule has 1 aliphatic heterocycles. The quantitative estimate of drug-likeness (QED) is 0.653. The fourth-order valence-electron chi connectivity index (χ4n) is 3.43. The van der Waals surface area contributed by atoms with E-state index < -0.39 is 0 Å². The van der Waals surface area contributed by atoms with E-state index in [-0.39, 0.29) is 42.8 Å². The Morgan fingerprint density at radius 2 is 1.69 bits per heavy atom. The van der Waals surface area contributed by atoms with Gasteiger partial charge in [-0.2, -0.15) is 0 Å². The molecule has 0 saturated carbocycles. The number of rotatable bonds is 5. The molecule has 0 saturated heterocycles. The summed E-state index contributed by atoms with van der Waals surface area (Å²) in [6.07, 6.45) is -0.0316. The monoisotopic (exact) mass is 389 g/mol. The molecule has 7 heteroatoms. The molecule has 2 N–H and O–H groups in total. The number of aryl methyl sites for hydroxylation is 1. The van der Waals surface area contributed by atoms with Crippen LogP contribution >= 0.6 is 0 Å². The third-order valence-electron chi connectivity index (χ3n) is 5.00. The number of imide groups is 1. The molecule has 2 aromatic carbocycles. The van der Waals surface area contributed by atoms with Crippen LogP contribution in [0.3, 0.4) is 0 Å². The minimum Gasteiger partial charge on any atom is -0.352 e. The van der Waals surface area contributed by atoms with Crippen molar-refractivity contribution in [1.29, 1.82) is 0 Å². The lowest BCUT2D eigenvalue weighted by Gasteiger charge is -2.13. The molecule has 1 aromatic heterocycles. The maximum atomic E-state index is 12.3. The summed E-state index contributed by atoms with van der Waals surface area (Å²) in [5.41, 5.74) is 2.68. The Labute approximate surface area is 166 Å². The van der Waals surface area contributed by atoms with Gasteiger partial charge >= 0.3 is 0 Å². The number of pyridine rings is 1. The number of carbonyl (C=O) groups is 3. The highest BCUT2D eigenvalue weighted by molar-refractivity contribution is 6.21. The van der Waals surface area contributed by atoms with Gasteiger partial charge in [0.2, 0.25) is 5.91 Å². The molecule has 1 aliphatic rings. The Morgan fingerprint density at radius 1 is 1.00 bits per heavy atom. The Hall–Kier alpha value is -3.74. The number of H-pyrrole nitrogens is 1. The molecule has 0 unspecified atom stereocenters. The summed E-state index contributed by atoms with van der Waals surface area (Å²) in [6.45, 7) is 2.01. The van der Waals surface area contributed by atoms with Crippen LogP contribution in [0.15, 0.2) is 53.3 Å². The molecule has 146 valence electrons. The number of carbonyl (C=O) groups excluding carboxylic acids is 3. The first-order valence-electron chi connectivity index (χ1n) is 9.28. The van der Waals surface area contributed by atoms with Crippen LogP contribution in [0.1, 0.15) is 38.3 Å². The van der Waals surface area contributed by atoms with Gasteiger partial charge in [0.05, 0.1) is 11.1 Å². The summed E-state index contributed by atoms with van der Waals surface area (Å²) in [4.78, 5) is 53.0. The molecule has 2 heterocycles. The van der Waals surface area contributed by atoms with Crippen molar-refractivity contribution in [2.24, 2.45) is 0 Å². The number of nitrogens with one attached hydrogen (secondary N) is 2. The van der Waals surface area contributed by atoms with Crippen molar-refractivity contribution in [2.45, 2.75) is 19.9 Å². The predicted molar refractivity (Wildman–Crippen MR) is 108 cm³/mol. The number of nitrogens with zero attached hydrogens (tertiary/aromatic N) is 1. The van der Waals surface area contributed by atoms with Crippen molar-refractivity contribution in [2.75, 3.05) is 6.54 Å². The summed E-state index contributed by atoms with van der Waals surface area (Å²) in [5, 5.41) is 3.56. The molecule has 0 fully saturated rings.